The van der Waals surface area contributed by atoms with Crippen molar-refractivity contribution in [3.05, 3.63) is 36.0 Å². The molecule has 6 nitrogen and oxygen atoms in total. The Kier molecular flexibility index (Phi) is 6.39. The first-order valence-electron chi connectivity index (χ1n) is 6.70. The maximum Gasteiger partial charge on any atom is 0.245 e. The Morgan fingerprint density at radius 1 is 1.38 bits per heavy atom. The first-order valence-corrected chi connectivity index (χ1v) is 7.43. The number of para-hydroxylation sites is 1. The van der Waals surface area contributed by atoms with Crippen molar-refractivity contribution in [2.75, 3.05) is 26.8 Å². The van der Waals surface area contributed by atoms with E-state index in [4.69, 9.17) is 9.47 Å². The highest BCUT2D eigenvalue weighted by Crippen LogP contribution is 2.17. The summed E-state index contributed by atoms with van der Waals surface area (Å²) in [5, 5.41) is 13.0. The van der Waals surface area contributed by atoms with E-state index in [0.717, 1.165) is 36.0 Å². The van der Waals surface area contributed by atoms with Crippen molar-refractivity contribution < 1.29 is 14.6 Å². The van der Waals surface area contributed by atoms with Crippen LogP contribution in [0.15, 0.2) is 30.5 Å². The summed E-state index contributed by atoms with van der Waals surface area (Å²) < 4.78 is 18.3. The Morgan fingerprint density at radius 3 is 3.00 bits per heavy atom. The number of nitrogens with zero attached hydrogens (tertiary/aromatic N) is 2. The molecule has 1 aromatic heterocycles. The van der Waals surface area contributed by atoms with Gasteiger partial charge in [0.1, 0.15) is 24.7 Å². The molecule has 1 aromatic carbocycles. The summed E-state index contributed by atoms with van der Waals surface area (Å²) in [5.74, 6) is 1.34. The summed E-state index contributed by atoms with van der Waals surface area (Å²) in [5.41, 5.74) is 1.15. The Morgan fingerprint density at radius 2 is 2.24 bits per heavy atom. The molecule has 0 aliphatic heterocycles. The lowest BCUT2D eigenvalue weighted by atomic mass is 10.1. The van der Waals surface area contributed by atoms with Crippen LogP contribution in [0.25, 0.3) is 0 Å². The topological polar surface area (TPSA) is 76.5 Å². The third-order valence-corrected chi connectivity index (χ3v) is 3.37. The van der Waals surface area contributed by atoms with Crippen LogP contribution in [-0.4, -0.2) is 46.8 Å². The van der Waals surface area contributed by atoms with E-state index in [0.29, 0.717) is 12.4 Å². The summed E-state index contributed by atoms with van der Waals surface area (Å²) >= 11 is 1.08. The van der Waals surface area contributed by atoms with E-state index in [1.165, 1.54) is 6.20 Å². The SMILES string of the molecule is COc1ccccc1CCNCC(O)COc1cnsn1. The van der Waals surface area contributed by atoms with Crippen molar-refractivity contribution >= 4 is 11.7 Å². The van der Waals surface area contributed by atoms with E-state index >= 15 is 0 Å². The predicted molar refractivity (Wildman–Crippen MR) is 81.0 cm³/mol. The van der Waals surface area contributed by atoms with E-state index in [1.54, 1.807) is 7.11 Å². The fourth-order valence-corrected chi connectivity index (χ4v) is 2.23. The molecule has 1 heterocycles. The van der Waals surface area contributed by atoms with Crippen LogP contribution in [0.4, 0.5) is 0 Å². The van der Waals surface area contributed by atoms with Gasteiger partial charge in [0.05, 0.1) is 18.8 Å². The van der Waals surface area contributed by atoms with Crippen LogP contribution in [0.2, 0.25) is 0 Å². The van der Waals surface area contributed by atoms with Gasteiger partial charge in [-0.25, -0.2) is 0 Å². The average Bonchev–Trinajstić information content (AvgIpc) is 3.03. The molecular formula is C14H19N3O3S. The molecule has 2 N–H and O–H groups in total. The van der Waals surface area contributed by atoms with Crippen LogP contribution in [0, 0.1) is 0 Å². The van der Waals surface area contributed by atoms with Crippen molar-refractivity contribution in [1.82, 2.24) is 14.1 Å². The van der Waals surface area contributed by atoms with Crippen molar-refractivity contribution in [3.8, 4) is 11.6 Å². The molecule has 0 amide bonds. The smallest absolute Gasteiger partial charge is 0.245 e. The van der Waals surface area contributed by atoms with Crippen LogP contribution in [0.5, 0.6) is 11.6 Å². The second kappa shape index (κ2) is 8.56. The minimum atomic E-state index is -0.579. The average molecular weight is 309 g/mol. The first kappa shape index (κ1) is 15.7. The third kappa shape index (κ3) is 5.30. The lowest BCUT2D eigenvalue weighted by molar-refractivity contribution is 0.104. The number of nitrogens with one attached hydrogen (secondary N) is 1. The van der Waals surface area contributed by atoms with E-state index in [-0.39, 0.29) is 6.61 Å². The molecule has 0 saturated heterocycles. The molecule has 2 rings (SSSR count). The molecule has 114 valence electrons. The van der Waals surface area contributed by atoms with Gasteiger partial charge in [0, 0.05) is 6.54 Å². The highest BCUT2D eigenvalue weighted by molar-refractivity contribution is 6.99. The minimum Gasteiger partial charge on any atom is -0.496 e. The predicted octanol–water partition coefficient (Wildman–Crippen LogP) is 1.12. The van der Waals surface area contributed by atoms with Gasteiger partial charge in [0.25, 0.3) is 0 Å². The quantitative estimate of drug-likeness (QED) is 0.676. The molecule has 7 heteroatoms. The molecule has 0 radical (unpaired) electrons. The van der Waals surface area contributed by atoms with E-state index in [2.05, 4.69) is 14.1 Å². The van der Waals surface area contributed by atoms with Crippen molar-refractivity contribution in [2.24, 2.45) is 0 Å². The van der Waals surface area contributed by atoms with Gasteiger partial charge in [0.2, 0.25) is 5.88 Å². The van der Waals surface area contributed by atoms with Gasteiger partial charge in [-0.15, -0.1) is 4.37 Å². The van der Waals surface area contributed by atoms with Crippen LogP contribution in [0.1, 0.15) is 5.56 Å². The number of aromatic nitrogens is 2. The largest absolute Gasteiger partial charge is 0.496 e. The standard InChI is InChI=1S/C14H19N3O3S/c1-19-13-5-3-2-4-11(13)6-7-15-8-12(18)10-20-14-9-16-21-17-14/h2-5,9,12,15,18H,6-8,10H2,1H3. The maximum atomic E-state index is 9.79. The number of ether oxygens (including phenoxy) is 2. The number of methoxy groups -OCH3 is 1. The lowest BCUT2D eigenvalue weighted by Gasteiger charge is -2.12. The third-order valence-electron chi connectivity index (χ3n) is 2.91. The van der Waals surface area contributed by atoms with Gasteiger partial charge in [0.15, 0.2) is 0 Å². The van der Waals surface area contributed by atoms with E-state index < -0.39 is 6.10 Å². The van der Waals surface area contributed by atoms with Crippen LogP contribution in [-0.2, 0) is 6.42 Å². The number of hydrogen-bond donors (Lipinski definition) is 2. The summed E-state index contributed by atoms with van der Waals surface area (Å²) in [6.45, 7) is 1.43. The molecule has 0 saturated carbocycles. The van der Waals surface area contributed by atoms with Crippen molar-refractivity contribution in [2.45, 2.75) is 12.5 Å². The number of rotatable bonds is 9. The molecule has 0 aliphatic carbocycles. The zero-order valence-electron chi connectivity index (χ0n) is 11.9. The van der Waals surface area contributed by atoms with Gasteiger partial charge in [-0.1, -0.05) is 18.2 Å². The van der Waals surface area contributed by atoms with Crippen LogP contribution >= 0.6 is 11.7 Å². The number of aliphatic hydroxyl groups is 1. The maximum absolute atomic E-state index is 9.79. The molecule has 1 unspecified atom stereocenters. The first-order chi connectivity index (χ1) is 10.3. The minimum absolute atomic E-state index is 0.201. The molecular weight excluding hydrogens is 290 g/mol. The molecule has 0 bridgehead atoms. The van der Waals surface area contributed by atoms with Gasteiger partial charge >= 0.3 is 0 Å². The zero-order chi connectivity index (χ0) is 14.9. The Labute approximate surface area is 128 Å². The summed E-state index contributed by atoms with van der Waals surface area (Å²) in [6, 6.07) is 7.92. The lowest BCUT2D eigenvalue weighted by Crippen LogP contribution is -2.32. The van der Waals surface area contributed by atoms with E-state index in [1.807, 2.05) is 24.3 Å². The highest BCUT2D eigenvalue weighted by Gasteiger charge is 2.07. The summed E-state index contributed by atoms with van der Waals surface area (Å²) in [6.07, 6.45) is 1.80. The van der Waals surface area contributed by atoms with Crippen molar-refractivity contribution in [1.29, 1.82) is 0 Å². The normalized spacial score (nSPS) is 12.1. The molecule has 2 aromatic rings. The van der Waals surface area contributed by atoms with E-state index in [9.17, 15) is 5.11 Å². The second-order valence-corrected chi connectivity index (χ2v) is 5.03. The summed E-state index contributed by atoms with van der Waals surface area (Å²) in [4.78, 5) is 0. The van der Waals surface area contributed by atoms with Gasteiger partial charge < -0.3 is 19.9 Å². The fraction of sp³-hybridized carbons (Fsp3) is 0.429. The van der Waals surface area contributed by atoms with Gasteiger partial charge in [-0.3, -0.25) is 0 Å². The Bertz CT molecular complexity index is 522. The van der Waals surface area contributed by atoms with Crippen LogP contribution < -0.4 is 14.8 Å². The second-order valence-electron chi connectivity index (χ2n) is 4.48. The number of hydrogen-bond acceptors (Lipinski definition) is 7. The number of benzene rings is 1. The zero-order valence-corrected chi connectivity index (χ0v) is 12.7. The fourth-order valence-electron chi connectivity index (χ4n) is 1.86. The van der Waals surface area contributed by atoms with Gasteiger partial charge in [-0.05, 0) is 24.6 Å². The van der Waals surface area contributed by atoms with Gasteiger partial charge in [-0.2, -0.15) is 4.37 Å². The Balaban J connectivity index is 1.62. The Hall–Kier alpha value is -1.70. The molecule has 0 aliphatic rings. The molecule has 21 heavy (non-hydrogen) atoms. The van der Waals surface area contributed by atoms with Crippen molar-refractivity contribution in [3.63, 3.8) is 0 Å². The molecule has 1 atom stereocenters. The molecule has 0 spiro atoms. The number of aliphatic hydroxyl groups excluding tert-OH is 1. The highest BCUT2D eigenvalue weighted by atomic mass is 32.1. The van der Waals surface area contributed by atoms with Crippen LogP contribution in [0.3, 0.4) is 0 Å². The summed E-state index contributed by atoms with van der Waals surface area (Å²) in [7, 11) is 1.67. The molecule has 0 fully saturated rings. The monoisotopic (exact) mass is 309 g/mol.